The number of carbonyl (C=O) groups is 1. The Hall–Kier alpha value is -1.44. The number of anilines is 1. The fraction of sp³-hybridized carbons (Fsp3) is 0.500. The molecule has 0 aliphatic rings. The first kappa shape index (κ1) is 17.6. The van der Waals surface area contributed by atoms with Gasteiger partial charge in [0.25, 0.3) is 0 Å². The van der Waals surface area contributed by atoms with Crippen LogP contribution in [0.3, 0.4) is 0 Å². The minimum absolute atomic E-state index is 0.0342. The second kappa shape index (κ2) is 8.76. The Morgan fingerprint density at radius 3 is 2.48 bits per heavy atom. The van der Waals surface area contributed by atoms with Crippen LogP contribution in [0.1, 0.15) is 19.8 Å². The van der Waals surface area contributed by atoms with Crippen molar-refractivity contribution in [1.82, 2.24) is 10.0 Å². The molecule has 0 radical (unpaired) electrons. The minimum Gasteiger partial charge on any atom is -0.326 e. The fourth-order valence-electron chi connectivity index (χ4n) is 1.78. The zero-order chi connectivity index (χ0) is 15.7. The predicted octanol–water partition coefficient (Wildman–Crippen LogP) is 0.933. The first-order valence-electron chi connectivity index (χ1n) is 6.90. The van der Waals surface area contributed by atoms with Crippen LogP contribution in [-0.4, -0.2) is 39.7 Å². The smallest absolute Gasteiger partial charge is 0.225 e. The first-order chi connectivity index (χ1) is 9.87. The van der Waals surface area contributed by atoms with Crippen LogP contribution in [0.4, 0.5) is 5.69 Å². The molecule has 0 aromatic heterocycles. The van der Waals surface area contributed by atoms with E-state index in [-0.39, 0.29) is 11.9 Å². The van der Waals surface area contributed by atoms with E-state index in [1.165, 1.54) is 0 Å². The number of sulfonamides is 1. The summed E-state index contributed by atoms with van der Waals surface area (Å²) >= 11 is 0. The molecule has 1 unspecified atom stereocenters. The Morgan fingerprint density at radius 2 is 1.86 bits per heavy atom. The van der Waals surface area contributed by atoms with Crippen LogP contribution in [0, 0.1) is 0 Å². The quantitative estimate of drug-likeness (QED) is 0.592. The normalized spacial score (nSPS) is 12.9. The average molecular weight is 313 g/mol. The van der Waals surface area contributed by atoms with Gasteiger partial charge >= 0.3 is 0 Å². The fourth-order valence-corrected chi connectivity index (χ4v) is 2.29. The number of hydrogen-bond donors (Lipinski definition) is 3. The van der Waals surface area contributed by atoms with Gasteiger partial charge in [-0.25, -0.2) is 13.1 Å². The highest BCUT2D eigenvalue weighted by atomic mass is 32.2. The lowest BCUT2D eigenvalue weighted by atomic mass is 10.2. The molecular weight excluding hydrogens is 290 g/mol. The zero-order valence-electron chi connectivity index (χ0n) is 12.4. The molecule has 0 saturated carbocycles. The Balaban J connectivity index is 2.15. The van der Waals surface area contributed by atoms with E-state index in [9.17, 15) is 13.2 Å². The predicted molar refractivity (Wildman–Crippen MR) is 84.6 cm³/mol. The number of nitrogens with one attached hydrogen (secondary N) is 3. The van der Waals surface area contributed by atoms with Gasteiger partial charge in [-0.3, -0.25) is 4.79 Å². The Morgan fingerprint density at radius 1 is 1.19 bits per heavy atom. The van der Waals surface area contributed by atoms with Gasteiger partial charge in [0.05, 0.1) is 6.26 Å². The Labute approximate surface area is 126 Å². The molecule has 0 aliphatic heterocycles. The van der Waals surface area contributed by atoms with Crippen LogP contribution in [0.15, 0.2) is 30.3 Å². The highest BCUT2D eigenvalue weighted by Gasteiger charge is 2.08. The summed E-state index contributed by atoms with van der Waals surface area (Å²) in [5.74, 6) is -0.0459. The maximum absolute atomic E-state index is 11.8. The van der Waals surface area contributed by atoms with Gasteiger partial charge < -0.3 is 10.6 Å². The van der Waals surface area contributed by atoms with E-state index in [0.717, 1.165) is 11.9 Å². The van der Waals surface area contributed by atoms with Crippen LogP contribution >= 0.6 is 0 Å². The monoisotopic (exact) mass is 313 g/mol. The van der Waals surface area contributed by atoms with Gasteiger partial charge in [0.15, 0.2) is 0 Å². The summed E-state index contributed by atoms with van der Waals surface area (Å²) < 4.78 is 24.1. The molecule has 1 aromatic carbocycles. The first-order valence-corrected chi connectivity index (χ1v) is 8.79. The molecule has 0 saturated heterocycles. The SMILES string of the molecule is CC(CC(=O)Nc1ccccc1)NCCCNS(C)(=O)=O. The molecular formula is C14H23N3O3S. The van der Waals surface area contributed by atoms with Crippen molar-refractivity contribution in [3.8, 4) is 0 Å². The van der Waals surface area contributed by atoms with E-state index in [1.54, 1.807) is 0 Å². The van der Waals surface area contributed by atoms with Crippen LogP contribution < -0.4 is 15.4 Å². The summed E-state index contributed by atoms with van der Waals surface area (Å²) in [5.41, 5.74) is 0.784. The van der Waals surface area contributed by atoms with Crippen molar-refractivity contribution in [2.45, 2.75) is 25.8 Å². The minimum atomic E-state index is -3.12. The molecule has 0 heterocycles. The molecule has 1 rings (SSSR count). The highest BCUT2D eigenvalue weighted by molar-refractivity contribution is 7.88. The molecule has 0 fully saturated rings. The molecule has 21 heavy (non-hydrogen) atoms. The Kier molecular flexibility index (Phi) is 7.35. The van der Waals surface area contributed by atoms with Crippen LogP contribution in [0.2, 0.25) is 0 Å². The zero-order valence-corrected chi connectivity index (χ0v) is 13.2. The number of para-hydroxylation sites is 1. The van der Waals surface area contributed by atoms with Gasteiger partial charge in [0.1, 0.15) is 0 Å². The van der Waals surface area contributed by atoms with Gasteiger partial charge in [-0.05, 0) is 32.0 Å². The molecule has 118 valence electrons. The summed E-state index contributed by atoms with van der Waals surface area (Å²) in [6, 6.07) is 9.34. The maximum atomic E-state index is 11.8. The van der Waals surface area contributed by atoms with E-state index in [2.05, 4.69) is 15.4 Å². The Bertz CT molecular complexity index is 532. The molecule has 3 N–H and O–H groups in total. The van der Waals surface area contributed by atoms with Crippen LogP contribution in [-0.2, 0) is 14.8 Å². The van der Waals surface area contributed by atoms with E-state index < -0.39 is 10.0 Å². The molecule has 6 nitrogen and oxygen atoms in total. The number of rotatable bonds is 9. The average Bonchev–Trinajstić information content (AvgIpc) is 2.37. The summed E-state index contributed by atoms with van der Waals surface area (Å²) in [6.07, 6.45) is 2.18. The van der Waals surface area contributed by atoms with E-state index in [1.807, 2.05) is 37.3 Å². The topological polar surface area (TPSA) is 87.3 Å². The van der Waals surface area contributed by atoms with Crippen LogP contribution in [0.5, 0.6) is 0 Å². The van der Waals surface area contributed by atoms with Crippen molar-refractivity contribution in [3.63, 3.8) is 0 Å². The van der Waals surface area contributed by atoms with E-state index >= 15 is 0 Å². The molecule has 1 amide bonds. The molecule has 1 aromatic rings. The molecule has 7 heteroatoms. The summed E-state index contributed by atoms with van der Waals surface area (Å²) in [7, 11) is -3.12. The molecule has 0 spiro atoms. The third-order valence-corrected chi connectivity index (χ3v) is 3.49. The van der Waals surface area contributed by atoms with Crippen molar-refractivity contribution < 1.29 is 13.2 Å². The third kappa shape index (κ3) is 9.17. The van der Waals surface area contributed by atoms with Gasteiger partial charge in [-0.2, -0.15) is 0 Å². The summed E-state index contributed by atoms with van der Waals surface area (Å²) in [4.78, 5) is 11.8. The van der Waals surface area contributed by atoms with Crippen molar-refractivity contribution in [2.75, 3.05) is 24.7 Å². The number of carbonyl (C=O) groups excluding carboxylic acids is 1. The molecule has 0 bridgehead atoms. The second-order valence-corrected chi connectivity index (χ2v) is 6.83. The summed E-state index contributed by atoms with van der Waals surface area (Å²) in [5, 5.41) is 6.01. The lowest BCUT2D eigenvalue weighted by Crippen LogP contribution is -2.33. The second-order valence-electron chi connectivity index (χ2n) is 4.99. The van der Waals surface area contributed by atoms with Gasteiger partial charge in [0.2, 0.25) is 15.9 Å². The number of amides is 1. The standard InChI is InChI=1S/C14H23N3O3S/c1-12(15-9-6-10-16-21(2,19)20)11-14(18)17-13-7-4-3-5-8-13/h3-5,7-8,12,15-16H,6,9-11H2,1-2H3,(H,17,18). The summed E-state index contributed by atoms with van der Waals surface area (Å²) in [6.45, 7) is 2.98. The van der Waals surface area contributed by atoms with E-state index in [4.69, 9.17) is 0 Å². The highest BCUT2D eigenvalue weighted by Crippen LogP contribution is 2.06. The number of benzene rings is 1. The number of hydrogen-bond acceptors (Lipinski definition) is 4. The van der Waals surface area contributed by atoms with Crippen molar-refractivity contribution >= 4 is 21.6 Å². The third-order valence-electron chi connectivity index (χ3n) is 2.76. The van der Waals surface area contributed by atoms with Crippen molar-refractivity contribution in [2.24, 2.45) is 0 Å². The van der Waals surface area contributed by atoms with Gasteiger partial charge in [0, 0.05) is 24.7 Å². The molecule has 0 aliphatic carbocycles. The van der Waals surface area contributed by atoms with Gasteiger partial charge in [-0.1, -0.05) is 18.2 Å². The van der Waals surface area contributed by atoms with Crippen molar-refractivity contribution in [3.05, 3.63) is 30.3 Å². The molecule has 1 atom stereocenters. The lowest BCUT2D eigenvalue weighted by molar-refractivity contribution is -0.116. The van der Waals surface area contributed by atoms with Crippen LogP contribution in [0.25, 0.3) is 0 Å². The van der Waals surface area contributed by atoms with Crippen molar-refractivity contribution in [1.29, 1.82) is 0 Å². The largest absolute Gasteiger partial charge is 0.326 e. The van der Waals surface area contributed by atoms with E-state index in [0.29, 0.717) is 25.9 Å². The lowest BCUT2D eigenvalue weighted by Gasteiger charge is -2.13. The maximum Gasteiger partial charge on any atom is 0.225 e. The van der Waals surface area contributed by atoms with Gasteiger partial charge in [-0.15, -0.1) is 0 Å².